The minimum absolute atomic E-state index is 0.506. The van der Waals surface area contributed by atoms with Gasteiger partial charge in [0.05, 0.1) is 0 Å². The van der Waals surface area contributed by atoms with E-state index in [4.69, 9.17) is 5.11 Å². The van der Waals surface area contributed by atoms with E-state index in [1.165, 1.54) is 0 Å². The van der Waals surface area contributed by atoms with Crippen molar-refractivity contribution in [1.82, 2.24) is 5.32 Å². The third kappa shape index (κ3) is 3.10. The number of hydrogen-bond donors (Lipinski definition) is 2. The average Bonchev–Trinajstić information content (AvgIpc) is 2.47. The van der Waals surface area contributed by atoms with Crippen molar-refractivity contribution in [1.29, 1.82) is 0 Å². The monoisotopic (exact) mass is 263 g/mol. The lowest BCUT2D eigenvalue weighted by Gasteiger charge is -2.07. The van der Waals surface area contributed by atoms with Crippen LogP contribution in [0.3, 0.4) is 0 Å². The van der Waals surface area contributed by atoms with Crippen LogP contribution in [-0.4, -0.2) is 17.1 Å². The number of carboxylic acid groups (broad SMARTS) is 1. The average molecular weight is 264 g/mol. The second-order valence-electron chi connectivity index (χ2n) is 2.63. The van der Waals surface area contributed by atoms with Gasteiger partial charge in [-0.1, -0.05) is 0 Å². The Labute approximate surface area is 88.9 Å². The van der Waals surface area contributed by atoms with Gasteiger partial charge in [-0.15, -0.1) is 11.3 Å². The maximum Gasteiger partial charge on any atom is 0.320 e. The number of carboxylic acids is 1. The highest BCUT2D eigenvalue weighted by Gasteiger charge is 2.10. The van der Waals surface area contributed by atoms with E-state index in [9.17, 15) is 4.79 Å². The second kappa shape index (κ2) is 4.74. The molecule has 0 aliphatic rings. The Hall–Kier alpha value is -0.390. The molecular formula is C8H10BrNO2S. The molecule has 0 aliphatic carbocycles. The SMILES string of the molecule is CC(NCc1sccc1Br)C(=O)O. The molecule has 0 spiro atoms. The number of aliphatic carboxylic acids is 1. The maximum atomic E-state index is 10.5. The number of halogens is 1. The Morgan fingerprint density at radius 3 is 3.00 bits per heavy atom. The van der Waals surface area contributed by atoms with Gasteiger partial charge >= 0.3 is 5.97 Å². The van der Waals surface area contributed by atoms with Gasteiger partial charge in [-0.05, 0) is 34.3 Å². The van der Waals surface area contributed by atoms with Gasteiger partial charge < -0.3 is 5.11 Å². The lowest BCUT2D eigenvalue weighted by molar-refractivity contribution is -0.139. The molecular weight excluding hydrogens is 254 g/mol. The van der Waals surface area contributed by atoms with Crippen molar-refractivity contribution in [2.24, 2.45) is 0 Å². The van der Waals surface area contributed by atoms with E-state index < -0.39 is 12.0 Å². The summed E-state index contributed by atoms with van der Waals surface area (Å²) in [6.07, 6.45) is 0. The van der Waals surface area contributed by atoms with Gasteiger partial charge in [0.15, 0.2) is 0 Å². The summed E-state index contributed by atoms with van der Waals surface area (Å²) in [5.74, 6) is -0.826. The van der Waals surface area contributed by atoms with E-state index >= 15 is 0 Å². The standard InChI is InChI=1S/C8H10BrNO2S/c1-5(8(11)12)10-4-7-6(9)2-3-13-7/h2-3,5,10H,4H2,1H3,(H,11,12). The number of hydrogen-bond acceptors (Lipinski definition) is 3. The molecule has 0 saturated heterocycles. The largest absolute Gasteiger partial charge is 0.480 e. The first kappa shape index (κ1) is 10.7. The molecule has 0 amide bonds. The first-order valence-electron chi connectivity index (χ1n) is 3.79. The van der Waals surface area contributed by atoms with Gasteiger partial charge in [0, 0.05) is 15.9 Å². The third-order valence-electron chi connectivity index (χ3n) is 1.63. The van der Waals surface area contributed by atoms with E-state index in [0.29, 0.717) is 6.54 Å². The zero-order chi connectivity index (χ0) is 9.84. The van der Waals surface area contributed by atoms with Crippen molar-refractivity contribution in [2.45, 2.75) is 19.5 Å². The molecule has 1 unspecified atom stereocenters. The summed E-state index contributed by atoms with van der Waals surface area (Å²) in [6.45, 7) is 2.22. The van der Waals surface area contributed by atoms with E-state index in [1.807, 2.05) is 11.4 Å². The smallest absolute Gasteiger partial charge is 0.320 e. The maximum absolute atomic E-state index is 10.5. The van der Waals surface area contributed by atoms with E-state index in [-0.39, 0.29) is 0 Å². The van der Waals surface area contributed by atoms with Gasteiger partial charge in [0.2, 0.25) is 0 Å². The van der Waals surface area contributed by atoms with Crippen molar-refractivity contribution < 1.29 is 9.90 Å². The van der Waals surface area contributed by atoms with Crippen molar-refractivity contribution >= 4 is 33.2 Å². The molecule has 3 nitrogen and oxygen atoms in total. The topological polar surface area (TPSA) is 49.3 Å². The highest BCUT2D eigenvalue weighted by atomic mass is 79.9. The molecule has 1 rings (SSSR count). The van der Waals surface area contributed by atoms with Gasteiger partial charge in [0.25, 0.3) is 0 Å². The number of rotatable bonds is 4. The highest BCUT2D eigenvalue weighted by molar-refractivity contribution is 9.10. The third-order valence-corrected chi connectivity index (χ3v) is 3.56. The lowest BCUT2D eigenvalue weighted by Crippen LogP contribution is -2.32. The summed E-state index contributed by atoms with van der Waals surface area (Å²) >= 11 is 4.98. The lowest BCUT2D eigenvalue weighted by atomic mass is 10.3. The van der Waals surface area contributed by atoms with Gasteiger partial charge in [-0.2, -0.15) is 0 Å². The van der Waals surface area contributed by atoms with Crippen LogP contribution in [0.4, 0.5) is 0 Å². The molecule has 2 N–H and O–H groups in total. The van der Waals surface area contributed by atoms with Crippen LogP contribution < -0.4 is 5.32 Å². The molecule has 1 aromatic rings. The molecule has 1 heterocycles. The predicted molar refractivity (Wildman–Crippen MR) is 56.0 cm³/mol. The van der Waals surface area contributed by atoms with E-state index in [0.717, 1.165) is 9.35 Å². The van der Waals surface area contributed by atoms with Crippen molar-refractivity contribution in [2.75, 3.05) is 0 Å². The van der Waals surface area contributed by atoms with Crippen LogP contribution in [0.1, 0.15) is 11.8 Å². The molecule has 0 aromatic carbocycles. The van der Waals surface area contributed by atoms with Gasteiger partial charge in [0.1, 0.15) is 6.04 Å². The molecule has 5 heteroatoms. The van der Waals surface area contributed by atoms with Crippen LogP contribution in [-0.2, 0) is 11.3 Å². The summed E-state index contributed by atoms with van der Waals surface area (Å²) in [7, 11) is 0. The Kier molecular flexibility index (Phi) is 3.90. The van der Waals surface area contributed by atoms with E-state index in [2.05, 4.69) is 21.2 Å². The fraction of sp³-hybridized carbons (Fsp3) is 0.375. The normalized spacial score (nSPS) is 12.8. The summed E-state index contributed by atoms with van der Waals surface area (Å²) in [4.78, 5) is 11.6. The Balaban J connectivity index is 2.44. The molecule has 13 heavy (non-hydrogen) atoms. The summed E-state index contributed by atoms with van der Waals surface area (Å²) < 4.78 is 1.03. The predicted octanol–water partition coefficient (Wildman–Crippen LogP) is 2.07. The fourth-order valence-corrected chi connectivity index (χ4v) is 2.23. The second-order valence-corrected chi connectivity index (χ2v) is 4.49. The Morgan fingerprint density at radius 2 is 2.54 bits per heavy atom. The molecule has 0 radical (unpaired) electrons. The minimum Gasteiger partial charge on any atom is -0.480 e. The molecule has 0 fully saturated rings. The summed E-state index contributed by atoms with van der Waals surface area (Å²) in [6, 6.07) is 1.45. The first-order valence-corrected chi connectivity index (χ1v) is 5.46. The molecule has 72 valence electrons. The van der Waals surface area contributed by atoms with Crippen LogP contribution in [0.15, 0.2) is 15.9 Å². The molecule has 1 aromatic heterocycles. The van der Waals surface area contributed by atoms with Crippen LogP contribution in [0.5, 0.6) is 0 Å². The molecule has 1 atom stereocenters. The van der Waals surface area contributed by atoms with Crippen LogP contribution in [0.2, 0.25) is 0 Å². The van der Waals surface area contributed by atoms with E-state index in [1.54, 1.807) is 18.3 Å². The Bertz CT molecular complexity index is 300. The Morgan fingerprint density at radius 1 is 1.85 bits per heavy atom. The van der Waals surface area contributed by atoms with Crippen molar-refractivity contribution in [3.05, 3.63) is 20.8 Å². The summed E-state index contributed by atoms with van der Waals surface area (Å²) in [5.41, 5.74) is 0. The van der Waals surface area contributed by atoms with Crippen LogP contribution in [0.25, 0.3) is 0 Å². The minimum atomic E-state index is -0.826. The quantitative estimate of drug-likeness (QED) is 0.875. The number of thiophene rings is 1. The molecule has 0 bridgehead atoms. The number of nitrogens with one attached hydrogen (secondary N) is 1. The van der Waals surface area contributed by atoms with Crippen molar-refractivity contribution in [3.63, 3.8) is 0 Å². The van der Waals surface area contributed by atoms with Gasteiger partial charge in [-0.25, -0.2) is 0 Å². The fourth-order valence-electron chi connectivity index (χ4n) is 0.784. The van der Waals surface area contributed by atoms with Gasteiger partial charge in [-0.3, -0.25) is 10.1 Å². The highest BCUT2D eigenvalue weighted by Crippen LogP contribution is 2.22. The van der Waals surface area contributed by atoms with Crippen molar-refractivity contribution in [3.8, 4) is 0 Å². The first-order chi connectivity index (χ1) is 6.11. The van der Waals surface area contributed by atoms with Crippen LogP contribution >= 0.6 is 27.3 Å². The number of carbonyl (C=O) groups is 1. The zero-order valence-electron chi connectivity index (χ0n) is 7.08. The molecule has 0 saturated carbocycles. The zero-order valence-corrected chi connectivity index (χ0v) is 9.48. The molecule has 0 aliphatic heterocycles. The summed E-state index contributed by atoms with van der Waals surface area (Å²) in [5, 5.41) is 13.5. The van der Waals surface area contributed by atoms with Crippen LogP contribution in [0, 0.1) is 0 Å².